The monoisotopic (exact) mass is 328 g/mol. The molecule has 23 heavy (non-hydrogen) atoms. The quantitative estimate of drug-likeness (QED) is 0.770. The maximum Gasteiger partial charge on any atom is 0.171 e. The van der Waals surface area contributed by atoms with E-state index in [1.807, 2.05) is 50.2 Å². The second-order valence-electron chi connectivity index (χ2n) is 5.87. The molecule has 3 nitrogen and oxygen atoms in total. The number of benzene rings is 2. The molecule has 0 fully saturated rings. The fourth-order valence-corrected chi connectivity index (χ4v) is 2.70. The molecule has 0 aliphatic heterocycles. The molecule has 2 aromatic carbocycles. The standard InChI is InChI=1S/C19H24N2OS/c1-13(2)22-17-11-9-16(10-12-17)21-19(23)20-15(4)18-8-6-5-7-14(18)3/h5-13,15H,1-4H3,(H2,20,21,23). The van der Waals surface area contributed by atoms with Crippen molar-refractivity contribution in [1.82, 2.24) is 5.32 Å². The molecule has 2 N–H and O–H groups in total. The van der Waals surface area contributed by atoms with Crippen molar-refractivity contribution in [3.63, 3.8) is 0 Å². The van der Waals surface area contributed by atoms with E-state index in [1.54, 1.807) is 0 Å². The van der Waals surface area contributed by atoms with Crippen LogP contribution in [0.3, 0.4) is 0 Å². The summed E-state index contributed by atoms with van der Waals surface area (Å²) in [6.45, 7) is 8.24. The van der Waals surface area contributed by atoms with Crippen molar-refractivity contribution in [3.8, 4) is 5.75 Å². The molecule has 0 aromatic heterocycles. The Morgan fingerprint density at radius 2 is 1.65 bits per heavy atom. The molecular weight excluding hydrogens is 304 g/mol. The summed E-state index contributed by atoms with van der Waals surface area (Å²) in [7, 11) is 0. The van der Waals surface area contributed by atoms with Gasteiger partial charge in [-0.3, -0.25) is 0 Å². The molecule has 2 rings (SSSR count). The van der Waals surface area contributed by atoms with Gasteiger partial charge in [0.25, 0.3) is 0 Å². The summed E-state index contributed by atoms with van der Waals surface area (Å²) >= 11 is 5.40. The Morgan fingerprint density at radius 3 is 2.26 bits per heavy atom. The lowest BCUT2D eigenvalue weighted by Crippen LogP contribution is -2.31. The van der Waals surface area contributed by atoms with E-state index in [-0.39, 0.29) is 12.1 Å². The third-order valence-corrected chi connectivity index (χ3v) is 3.71. The lowest BCUT2D eigenvalue weighted by molar-refractivity contribution is 0.242. The molecule has 0 heterocycles. The largest absolute Gasteiger partial charge is 0.491 e. The summed E-state index contributed by atoms with van der Waals surface area (Å²) in [5, 5.41) is 7.14. The summed E-state index contributed by atoms with van der Waals surface area (Å²) < 4.78 is 5.63. The molecule has 0 saturated heterocycles. The van der Waals surface area contributed by atoms with Crippen molar-refractivity contribution in [2.75, 3.05) is 5.32 Å². The van der Waals surface area contributed by atoms with Crippen LogP contribution < -0.4 is 15.4 Å². The molecule has 1 unspecified atom stereocenters. The normalized spacial score (nSPS) is 11.9. The first-order valence-corrected chi connectivity index (χ1v) is 8.26. The number of nitrogens with one attached hydrogen (secondary N) is 2. The predicted molar refractivity (Wildman–Crippen MR) is 101 cm³/mol. The van der Waals surface area contributed by atoms with Crippen LogP contribution >= 0.6 is 12.2 Å². The maximum absolute atomic E-state index is 5.63. The van der Waals surface area contributed by atoms with Gasteiger partial charge >= 0.3 is 0 Å². The summed E-state index contributed by atoms with van der Waals surface area (Å²) in [6.07, 6.45) is 0.173. The SMILES string of the molecule is Cc1ccccc1C(C)NC(=S)Nc1ccc(OC(C)C)cc1. The Balaban J connectivity index is 1.93. The molecule has 0 saturated carbocycles. The predicted octanol–water partition coefficient (Wildman–Crippen LogP) is 4.83. The molecule has 122 valence electrons. The molecule has 0 amide bonds. The number of anilines is 1. The summed E-state index contributed by atoms with van der Waals surface area (Å²) in [5.41, 5.74) is 3.44. The molecule has 0 spiro atoms. The van der Waals surface area contributed by atoms with E-state index in [0.717, 1.165) is 11.4 Å². The van der Waals surface area contributed by atoms with Crippen molar-refractivity contribution >= 4 is 23.0 Å². The van der Waals surface area contributed by atoms with Gasteiger partial charge in [-0.1, -0.05) is 24.3 Å². The van der Waals surface area contributed by atoms with Gasteiger partial charge < -0.3 is 15.4 Å². The Hall–Kier alpha value is -2.07. The molecule has 4 heteroatoms. The number of hydrogen-bond donors (Lipinski definition) is 2. The van der Waals surface area contributed by atoms with Crippen LogP contribution in [0.15, 0.2) is 48.5 Å². The molecule has 1 atom stereocenters. The third-order valence-electron chi connectivity index (χ3n) is 3.49. The van der Waals surface area contributed by atoms with Gasteiger partial charge in [-0.05, 0) is 75.3 Å². The minimum absolute atomic E-state index is 0.153. The van der Waals surface area contributed by atoms with Crippen LogP contribution in [0.2, 0.25) is 0 Å². The molecule has 0 bridgehead atoms. The first-order chi connectivity index (χ1) is 11.0. The van der Waals surface area contributed by atoms with E-state index in [2.05, 4.69) is 36.6 Å². The second-order valence-corrected chi connectivity index (χ2v) is 6.28. The Kier molecular flexibility index (Phi) is 5.99. The van der Waals surface area contributed by atoms with Gasteiger partial charge in [-0.25, -0.2) is 0 Å². The van der Waals surface area contributed by atoms with Gasteiger partial charge in [0.05, 0.1) is 12.1 Å². The highest BCUT2D eigenvalue weighted by molar-refractivity contribution is 7.80. The van der Waals surface area contributed by atoms with Gasteiger partial charge in [0.2, 0.25) is 0 Å². The zero-order valence-electron chi connectivity index (χ0n) is 14.1. The Labute approximate surface area is 144 Å². The minimum atomic E-state index is 0.153. The second kappa shape index (κ2) is 7.97. The van der Waals surface area contributed by atoms with Gasteiger partial charge in [-0.15, -0.1) is 0 Å². The van der Waals surface area contributed by atoms with Crippen molar-refractivity contribution in [1.29, 1.82) is 0 Å². The number of ether oxygens (including phenoxy) is 1. The maximum atomic E-state index is 5.63. The van der Waals surface area contributed by atoms with E-state index in [1.165, 1.54) is 11.1 Å². The van der Waals surface area contributed by atoms with E-state index < -0.39 is 0 Å². The highest BCUT2D eigenvalue weighted by Gasteiger charge is 2.09. The third kappa shape index (κ3) is 5.25. The average molecular weight is 328 g/mol. The Morgan fingerprint density at radius 1 is 1.00 bits per heavy atom. The molecular formula is C19H24N2OS. The molecule has 0 aliphatic carbocycles. The molecule has 0 radical (unpaired) electrons. The van der Waals surface area contributed by atoms with E-state index >= 15 is 0 Å². The van der Waals surface area contributed by atoms with Crippen LogP contribution in [0.4, 0.5) is 5.69 Å². The topological polar surface area (TPSA) is 33.3 Å². The molecule has 0 aliphatic rings. The summed E-state index contributed by atoms with van der Waals surface area (Å²) in [5.74, 6) is 0.859. The Bertz CT molecular complexity index is 653. The van der Waals surface area contributed by atoms with E-state index in [9.17, 15) is 0 Å². The van der Waals surface area contributed by atoms with Crippen LogP contribution in [-0.2, 0) is 0 Å². The van der Waals surface area contributed by atoms with Gasteiger partial charge in [0.1, 0.15) is 5.75 Å². The summed E-state index contributed by atoms with van der Waals surface area (Å²) in [4.78, 5) is 0. The first-order valence-electron chi connectivity index (χ1n) is 7.85. The molecule has 2 aromatic rings. The highest BCUT2D eigenvalue weighted by atomic mass is 32.1. The van der Waals surface area contributed by atoms with Gasteiger partial charge in [0.15, 0.2) is 5.11 Å². The number of rotatable bonds is 5. The van der Waals surface area contributed by atoms with Crippen molar-refractivity contribution < 1.29 is 4.74 Å². The number of thiocarbonyl (C=S) groups is 1. The van der Waals surface area contributed by atoms with Crippen LogP contribution in [0, 0.1) is 6.92 Å². The fraction of sp³-hybridized carbons (Fsp3) is 0.316. The van der Waals surface area contributed by atoms with E-state index in [0.29, 0.717) is 5.11 Å². The first kappa shape index (κ1) is 17.3. The highest BCUT2D eigenvalue weighted by Crippen LogP contribution is 2.19. The van der Waals surface area contributed by atoms with Crippen LogP contribution in [0.1, 0.15) is 37.9 Å². The lowest BCUT2D eigenvalue weighted by Gasteiger charge is -2.19. The van der Waals surface area contributed by atoms with Crippen LogP contribution in [0.5, 0.6) is 5.75 Å². The van der Waals surface area contributed by atoms with Gasteiger partial charge in [-0.2, -0.15) is 0 Å². The van der Waals surface area contributed by atoms with Crippen LogP contribution in [-0.4, -0.2) is 11.2 Å². The number of aryl methyl sites for hydroxylation is 1. The van der Waals surface area contributed by atoms with Gasteiger partial charge in [0, 0.05) is 5.69 Å². The lowest BCUT2D eigenvalue weighted by atomic mass is 10.0. The van der Waals surface area contributed by atoms with Crippen molar-refractivity contribution in [3.05, 3.63) is 59.7 Å². The fourth-order valence-electron chi connectivity index (χ4n) is 2.40. The van der Waals surface area contributed by atoms with Crippen molar-refractivity contribution in [2.45, 2.75) is 39.8 Å². The zero-order valence-corrected chi connectivity index (χ0v) is 14.9. The number of hydrogen-bond acceptors (Lipinski definition) is 2. The average Bonchev–Trinajstić information content (AvgIpc) is 2.49. The van der Waals surface area contributed by atoms with Crippen LogP contribution in [0.25, 0.3) is 0 Å². The zero-order chi connectivity index (χ0) is 16.8. The smallest absolute Gasteiger partial charge is 0.171 e. The summed E-state index contributed by atoms with van der Waals surface area (Å²) in [6, 6.07) is 16.3. The van der Waals surface area contributed by atoms with Crippen molar-refractivity contribution in [2.24, 2.45) is 0 Å². The minimum Gasteiger partial charge on any atom is -0.491 e. The van der Waals surface area contributed by atoms with E-state index in [4.69, 9.17) is 17.0 Å².